The van der Waals surface area contributed by atoms with Crippen LogP contribution in [0.4, 0.5) is 0 Å². The lowest BCUT2D eigenvalue weighted by Crippen LogP contribution is -2.38. The Kier molecular flexibility index (Phi) is 5.86. The summed E-state index contributed by atoms with van der Waals surface area (Å²) in [6.45, 7) is 2.16. The third-order valence-corrected chi connectivity index (χ3v) is 5.78. The maximum Gasteiger partial charge on any atom is 0.236 e. The zero-order valence-corrected chi connectivity index (χ0v) is 16.1. The smallest absolute Gasteiger partial charge is 0.236 e. The third-order valence-electron chi connectivity index (χ3n) is 5.03. The molecule has 2 heterocycles. The highest BCUT2D eigenvalue weighted by atomic mass is 32.2. The number of nitrogens with zero attached hydrogens (tertiary/aromatic N) is 3. The van der Waals surface area contributed by atoms with Crippen molar-refractivity contribution in [2.75, 3.05) is 26.4 Å². The van der Waals surface area contributed by atoms with Crippen molar-refractivity contribution in [2.45, 2.75) is 30.3 Å². The molecule has 2 aromatic rings. The Morgan fingerprint density at radius 2 is 2.04 bits per heavy atom. The molecule has 5 heteroatoms. The molecule has 1 atom stereocenters. The van der Waals surface area contributed by atoms with E-state index in [2.05, 4.69) is 65.4 Å². The molecule has 4 nitrogen and oxygen atoms in total. The van der Waals surface area contributed by atoms with Crippen molar-refractivity contribution in [1.29, 1.82) is 0 Å². The maximum atomic E-state index is 12.7. The van der Waals surface area contributed by atoms with Gasteiger partial charge in [-0.15, -0.1) is 11.8 Å². The van der Waals surface area contributed by atoms with Gasteiger partial charge in [0, 0.05) is 37.4 Å². The largest absolute Gasteiger partial charge is 0.353 e. The lowest BCUT2D eigenvalue weighted by Gasteiger charge is -2.27. The second kappa shape index (κ2) is 8.11. The first-order valence-corrected chi connectivity index (χ1v) is 10.0. The van der Waals surface area contributed by atoms with Gasteiger partial charge in [0.25, 0.3) is 0 Å². The fourth-order valence-electron chi connectivity index (χ4n) is 3.56. The molecule has 0 bridgehead atoms. The number of thioether (sulfide) groups is 1. The fraction of sp³-hybridized carbons (Fsp3) is 0.450. The van der Waals surface area contributed by atoms with Crippen LogP contribution in [0.3, 0.4) is 0 Å². The van der Waals surface area contributed by atoms with Crippen LogP contribution < -0.4 is 0 Å². The first kappa shape index (κ1) is 18.1. The van der Waals surface area contributed by atoms with Crippen molar-refractivity contribution in [1.82, 2.24) is 14.4 Å². The zero-order chi connectivity index (χ0) is 17.8. The van der Waals surface area contributed by atoms with Crippen LogP contribution in [0.1, 0.15) is 30.1 Å². The van der Waals surface area contributed by atoms with Gasteiger partial charge in [0.05, 0.1) is 12.6 Å². The van der Waals surface area contributed by atoms with E-state index in [-0.39, 0.29) is 5.91 Å². The van der Waals surface area contributed by atoms with E-state index in [1.54, 1.807) is 11.8 Å². The Morgan fingerprint density at radius 1 is 1.28 bits per heavy atom. The molecule has 25 heavy (non-hydrogen) atoms. The average molecular weight is 358 g/mol. The molecule has 1 amide bonds. The van der Waals surface area contributed by atoms with Gasteiger partial charge in [-0.2, -0.15) is 0 Å². The molecule has 0 N–H and O–H groups in total. The number of rotatable bonds is 6. The minimum atomic E-state index is 0.190. The Bertz CT molecular complexity index is 710. The minimum Gasteiger partial charge on any atom is -0.353 e. The van der Waals surface area contributed by atoms with E-state index < -0.39 is 0 Å². The molecule has 1 aromatic carbocycles. The number of aryl methyl sites for hydroxylation is 1. The Labute approximate surface area is 154 Å². The normalized spacial score (nSPS) is 17.8. The van der Waals surface area contributed by atoms with E-state index in [1.165, 1.54) is 16.2 Å². The Hall–Kier alpha value is -1.72. The van der Waals surface area contributed by atoms with Crippen LogP contribution >= 0.6 is 11.8 Å². The molecule has 1 aliphatic rings. The van der Waals surface area contributed by atoms with Crippen molar-refractivity contribution in [3.8, 4) is 0 Å². The summed E-state index contributed by atoms with van der Waals surface area (Å²) in [7, 11) is 3.98. The molecular formula is C20H27N3OS. The number of carbonyl (C=O) groups is 1. The molecule has 0 unspecified atom stereocenters. The topological polar surface area (TPSA) is 28.5 Å². The van der Waals surface area contributed by atoms with Crippen LogP contribution in [-0.4, -0.2) is 46.7 Å². The summed E-state index contributed by atoms with van der Waals surface area (Å²) in [5.41, 5.74) is 2.48. The van der Waals surface area contributed by atoms with Crippen molar-refractivity contribution in [2.24, 2.45) is 7.05 Å². The van der Waals surface area contributed by atoms with E-state index in [0.717, 1.165) is 19.4 Å². The average Bonchev–Trinajstić information content (AvgIpc) is 3.23. The van der Waals surface area contributed by atoms with Gasteiger partial charge in [0.2, 0.25) is 5.91 Å². The molecule has 0 spiro atoms. The van der Waals surface area contributed by atoms with Gasteiger partial charge in [-0.25, -0.2) is 0 Å². The summed E-state index contributed by atoms with van der Waals surface area (Å²) in [6.07, 6.45) is 6.44. The molecule has 1 fully saturated rings. The predicted molar refractivity (Wildman–Crippen MR) is 104 cm³/mol. The van der Waals surface area contributed by atoms with Gasteiger partial charge in [-0.1, -0.05) is 12.1 Å². The summed E-state index contributed by atoms with van der Waals surface area (Å²) in [5.74, 6) is 0.190. The molecule has 0 saturated carbocycles. The summed E-state index contributed by atoms with van der Waals surface area (Å²) in [4.78, 5) is 18.1. The lowest BCUT2D eigenvalue weighted by molar-refractivity contribution is -0.131. The highest BCUT2D eigenvalue weighted by Gasteiger charge is 2.29. The van der Waals surface area contributed by atoms with Crippen molar-refractivity contribution < 1.29 is 4.79 Å². The first-order valence-electron chi connectivity index (χ1n) is 8.80. The van der Waals surface area contributed by atoms with E-state index in [4.69, 9.17) is 0 Å². The van der Waals surface area contributed by atoms with Gasteiger partial charge < -0.3 is 9.47 Å². The second-order valence-corrected chi connectivity index (χ2v) is 7.65. The number of hydrogen-bond acceptors (Lipinski definition) is 3. The SMILES string of the molecule is CSc1ccc(CN(C)C(=O)CN2CCC[C@@H]2c2cccn2C)cc1. The standard InChI is InChI=1S/C20H27N3OS/c1-21-12-4-6-18(21)19-7-5-13-23(19)15-20(24)22(2)14-16-8-10-17(25-3)11-9-16/h4,6,8-12,19H,5,7,13-15H2,1-3H3/t19-/m1/s1. The number of hydrogen-bond donors (Lipinski definition) is 0. The number of likely N-dealkylation sites (N-methyl/N-ethyl adjacent to an activating group) is 1. The van der Waals surface area contributed by atoms with Gasteiger partial charge in [0.15, 0.2) is 0 Å². The molecule has 134 valence electrons. The molecular weight excluding hydrogens is 330 g/mol. The number of amides is 1. The quantitative estimate of drug-likeness (QED) is 0.740. The summed E-state index contributed by atoms with van der Waals surface area (Å²) >= 11 is 1.73. The van der Waals surface area contributed by atoms with E-state index >= 15 is 0 Å². The van der Waals surface area contributed by atoms with Crippen LogP contribution in [0.15, 0.2) is 47.5 Å². The predicted octanol–water partition coefficient (Wildman–Crippen LogP) is 3.54. The highest BCUT2D eigenvalue weighted by molar-refractivity contribution is 7.98. The monoisotopic (exact) mass is 357 g/mol. The molecule has 1 aromatic heterocycles. The zero-order valence-electron chi connectivity index (χ0n) is 15.3. The number of carbonyl (C=O) groups excluding carboxylic acids is 1. The summed E-state index contributed by atoms with van der Waals surface area (Å²) in [6, 6.07) is 13.1. The Balaban J connectivity index is 1.59. The number of aromatic nitrogens is 1. The van der Waals surface area contributed by atoms with Crippen LogP contribution in [0.25, 0.3) is 0 Å². The molecule has 0 aliphatic carbocycles. The van der Waals surface area contributed by atoms with Crippen molar-refractivity contribution in [3.63, 3.8) is 0 Å². The third kappa shape index (κ3) is 4.28. The molecule has 0 radical (unpaired) electrons. The second-order valence-electron chi connectivity index (χ2n) is 6.77. The molecule has 1 saturated heterocycles. The van der Waals surface area contributed by atoms with Gasteiger partial charge in [-0.05, 0) is 55.5 Å². The van der Waals surface area contributed by atoms with Crippen LogP contribution in [0.2, 0.25) is 0 Å². The van der Waals surface area contributed by atoms with Crippen LogP contribution in [0.5, 0.6) is 0 Å². The number of likely N-dealkylation sites (tertiary alicyclic amines) is 1. The highest BCUT2D eigenvalue weighted by Crippen LogP contribution is 2.31. The van der Waals surface area contributed by atoms with E-state index in [1.807, 2.05) is 11.9 Å². The van der Waals surface area contributed by atoms with Gasteiger partial charge in [-0.3, -0.25) is 9.69 Å². The van der Waals surface area contributed by atoms with Crippen molar-refractivity contribution in [3.05, 3.63) is 53.9 Å². The molecule has 1 aliphatic heterocycles. The Morgan fingerprint density at radius 3 is 2.68 bits per heavy atom. The summed E-state index contributed by atoms with van der Waals surface area (Å²) < 4.78 is 2.17. The lowest BCUT2D eigenvalue weighted by atomic mass is 10.1. The van der Waals surface area contributed by atoms with E-state index in [0.29, 0.717) is 19.1 Å². The van der Waals surface area contributed by atoms with Gasteiger partial charge >= 0.3 is 0 Å². The molecule has 3 rings (SSSR count). The van der Waals surface area contributed by atoms with Gasteiger partial charge in [0.1, 0.15) is 0 Å². The maximum absolute atomic E-state index is 12.7. The minimum absolute atomic E-state index is 0.190. The fourth-order valence-corrected chi connectivity index (χ4v) is 3.97. The number of benzene rings is 1. The van der Waals surface area contributed by atoms with Crippen LogP contribution in [-0.2, 0) is 18.4 Å². The van der Waals surface area contributed by atoms with Crippen molar-refractivity contribution >= 4 is 17.7 Å². The summed E-state index contributed by atoms with van der Waals surface area (Å²) in [5, 5.41) is 0. The first-order chi connectivity index (χ1) is 12.1. The van der Waals surface area contributed by atoms with Crippen LogP contribution in [0, 0.1) is 0 Å². The van der Waals surface area contributed by atoms with E-state index in [9.17, 15) is 4.79 Å².